The van der Waals surface area contributed by atoms with Crippen molar-refractivity contribution in [3.05, 3.63) is 41.1 Å². The van der Waals surface area contributed by atoms with Crippen LogP contribution in [0.15, 0.2) is 22.8 Å². The first-order valence-corrected chi connectivity index (χ1v) is 9.10. The average molecular weight is 372 g/mol. The van der Waals surface area contributed by atoms with Crippen LogP contribution in [0, 0.1) is 6.92 Å². The van der Waals surface area contributed by atoms with Gasteiger partial charge in [0.25, 0.3) is 0 Å². The van der Waals surface area contributed by atoms with E-state index in [0.29, 0.717) is 38.8 Å². The highest BCUT2D eigenvalue weighted by Gasteiger charge is 2.46. The second kappa shape index (κ2) is 7.28. The Bertz CT molecular complexity index is 823. The number of ether oxygens (including phenoxy) is 2. The normalized spacial score (nSPS) is 21.5. The van der Waals surface area contributed by atoms with Gasteiger partial charge in [-0.2, -0.15) is 0 Å². The summed E-state index contributed by atoms with van der Waals surface area (Å²) in [6, 6.07) is 3.76. The van der Waals surface area contributed by atoms with Crippen LogP contribution in [0.2, 0.25) is 0 Å². The summed E-state index contributed by atoms with van der Waals surface area (Å²) in [4.78, 5) is 23.5. The van der Waals surface area contributed by atoms with Gasteiger partial charge in [0.05, 0.1) is 37.1 Å². The molecule has 1 saturated heterocycles. The number of likely N-dealkylation sites (tertiary alicyclic amines) is 1. The lowest BCUT2D eigenvalue weighted by Gasteiger charge is -2.35. The van der Waals surface area contributed by atoms with Gasteiger partial charge in [0.1, 0.15) is 12.4 Å². The predicted molar refractivity (Wildman–Crippen MR) is 97.2 cm³/mol. The molecular formula is C19H24N4O4. The first-order valence-electron chi connectivity index (χ1n) is 9.10. The number of aryl methyl sites for hydroxylation is 1. The fourth-order valence-corrected chi connectivity index (χ4v) is 3.89. The van der Waals surface area contributed by atoms with Crippen LogP contribution in [0.25, 0.3) is 0 Å². The zero-order chi connectivity index (χ0) is 18.9. The molecule has 2 aliphatic rings. The van der Waals surface area contributed by atoms with E-state index in [1.807, 2.05) is 24.0 Å². The molecule has 1 N–H and O–H groups in total. The molecule has 4 rings (SSSR count). The molecule has 0 radical (unpaired) electrons. The number of hydrogen-bond donors (Lipinski definition) is 1. The lowest BCUT2D eigenvalue weighted by atomic mass is 9.80. The average Bonchev–Trinajstić information content (AvgIpc) is 3.32. The molecule has 2 aliphatic heterocycles. The van der Waals surface area contributed by atoms with Crippen LogP contribution < -0.4 is 5.32 Å². The van der Waals surface area contributed by atoms with Crippen molar-refractivity contribution in [1.29, 1.82) is 0 Å². The highest BCUT2D eigenvalue weighted by Crippen LogP contribution is 2.40. The van der Waals surface area contributed by atoms with Gasteiger partial charge in [-0.1, -0.05) is 0 Å². The van der Waals surface area contributed by atoms with E-state index in [0.717, 1.165) is 29.1 Å². The first kappa shape index (κ1) is 17.9. The maximum Gasteiger partial charge on any atom is 0.248 e. The number of anilines is 1. The second-order valence-corrected chi connectivity index (χ2v) is 7.16. The molecule has 1 spiro atoms. The first-order chi connectivity index (χ1) is 13.1. The molecule has 1 amide bonds. The Balaban J connectivity index is 1.60. The van der Waals surface area contributed by atoms with Gasteiger partial charge >= 0.3 is 0 Å². The standard InChI is InChI=1S/C19H24N4O4/c1-13-15-9-26-12-19(5-6-23(11-19)16(24)10-25-2)17(15)22-18(21-13)20-8-14-4-3-7-27-14/h3-4,7H,5-6,8-12H2,1-2H3,(H,20,21,22). The minimum Gasteiger partial charge on any atom is -0.467 e. The van der Waals surface area contributed by atoms with Crippen LogP contribution in [-0.4, -0.2) is 54.2 Å². The smallest absolute Gasteiger partial charge is 0.248 e. The van der Waals surface area contributed by atoms with Gasteiger partial charge in [-0.15, -0.1) is 0 Å². The molecule has 0 aromatic carbocycles. The van der Waals surface area contributed by atoms with Crippen molar-refractivity contribution in [2.24, 2.45) is 0 Å². The SMILES string of the molecule is COCC(=O)N1CCC2(COCc3c(C)nc(NCc4ccco4)nc32)C1. The van der Waals surface area contributed by atoms with Crippen molar-refractivity contribution in [3.63, 3.8) is 0 Å². The Hall–Kier alpha value is -2.45. The molecule has 1 unspecified atom stereocenters. The summed E-state index contributed by atoms with van der Waals surface area (Å²) >= 11 is 0. The maximum absolute atomic E-state index is 12.3. The van der Waals surface area contributed by atoms with Gasteiger partial charge < -0.3 is 24.1 Å². The molecule has 0 aliphatic carbocycles. The summed E-state index contributed by atoms with van der Waals surface area (Å²) in [6.07, 6.45) is 2.47. The van der Waals surface area contributed by atoms with Crippen molar-refractivity contribution >= 4 is 11.9 Å². The number of hydrogen-bond acceptors (Lipinski definition) is 7. The number of aromatic nitrogens is 2. The third-order valence-corrected chi connectivity index (χ3v) is 5.32. The fraction of sp³-hybridized carbons (Fsp3) is 0.526. The van der Waals surface area contributed by atoms with Crippen molar-refractivity contribution in [3.8, 4) is 0 Å². The van der Waals surface area contributed by atoms with Gasteiger partial charge in [-0.25, -0.2) is 9.97 Å². The Morgan fingerprint density at radius 3 is 3.11 bits per heavy atom. The molecule has 8 nitrogen and oxygen atoms in total. The Kier molecular flexibility index (Phi) is 4.84. The zero-order valence-electron chi connectivity index (χ0n) is 15.7. The maximum atomic E-state index is 12.3. The number of nitrogens with one attached hydrogen (secondary N) is 1. The monoisotopic (exact) mass is 372 g/mol. The van der Waals surface area contributed by atoms with Crippen LogP contribution in [0.4, 0.5) is 5.95 Å². The molecule has 27 heavy (non-hydrogen) atoms. The molecule has 4 heterocycles. The molecule has 144 valence electrons. The Labute approximate surface area is 157 Å². The summed E-state index contributed by atoms with van der Waals surface area (Å²) in [6.45, 7) is 4.94. The Morgan fingerprint density at radius 2 is 2.33 bits per heavy atom. The summed E-state index contributed by atoms with van der Waals surface area (Å²) in [5, 5.41) is 3.24. The van der Waals surface area contributed by atoms with E-state index in [-0.39, 0.29) is 17.9 Å². The highest BCUT2D eigenvalue weighted by molar-refractivity contribution is 5.78. The van der Waals surface area contributed by atoms with E-state index in [1.165, 1.54) is 7.11 Å². The quantitative estimate of drug-likeness (QED) is 0.853. The van der Waals surface area contributed by atoms with E-state index >= 15 is 0 Å². The lowest BCUT2D eigenvalue weighted by molar-refractivity contribution is -0.134. The highest BCUT2D eigenvalue weighted by atomic mass is 16.5. The van der Waals surface area contributed by atoms with Gasteiger partial charge in [-0.3, -0.25) is 4.79 Å². The van der Waals surface area contributed by atoms with Crippen LogP contribution in [0.3, 0.4) is 0 Å². The number of furan rings is 1. The number of amides is 1. The topological polar surface area (TPSA) is 89.7 Å². The van der Waals surface area contributed by atoms with Crippen molar-refractivity contribution < 1.29 is 18.7 Å². The predicted octanol–water partition coefficient (Wildman–Crippen LogP) is 1.64. The summed E-state index contributed by atoms with van der Waals surface area (Å²) in [5.41, 5.74) is 2.65. The zero-order valence-corrected chi connectivity index (χ0v) is 15.7. The van der Waals surface area contributed by atoms with Crippen LogP contribution in [0.1, 0.15) is 29.1 Å². The number of carbonyl (C=O) groups excluding carboxylic acids is 1. The second-order valence-electron chi connectivity index (χ2n) is 7.16. The van der Waals surface area contributed by atoms with E-state index in [4.69, 9.17) is 18.9 Å². The van der Waals surface area contributed by atoms with Crippen molar-refractivity contribution in [2.45, 2.75) is 31.9 Å². The summed E-state index contributed by atoms with van der Waals surface area (Å²) in [7, 11) is 1.54. The van der Waals surface area contributed by atoms with Gasteiger partial charge in [0.15, 0.2) is 0 Å². The van der Waals surface area contributed by atoms with E-state index < -0.39 is 0 Å². The van der Waals surface area contributed by atoms with E-state index in [2.05, 4.69) is 10.3 Å². The Morgan fingerprint density at radius 1 is 1.44 bits per heavy atom. The number of carbonyl (C=O) groups is 1. The fourth-order valence-electron chi connectivity index (χ4n) is 3.89. The van der Waals surface area contributed by atoms with Crippen LogP contribution in [-0.2, 0) is 32.8 Å². The molecular weight excluding hydrogens is 348 g/mol. The van der Waals surface area contributed by atoms with Crippen molar-refractivity contribution in [2.75, 3.05) is 38.7 Å². The van der Waals surface area contributed by atoms with Gasteiger partial charge in [0.2, 0.25) is 11.9 Å². The molecule has 0 bridgehead atoms. The van der Waals surface area contributed by atoms with Crippen molar-refractivity contribution in [1.82, 2.24) is 14.9 Å². The molecule has 2 aromatic heterocycles. The summed E-state index contributed by atoms with van der Waals surface area (Å²) in [5.74, 6) is 1.40. The third-order valence-electron chi connectivity index (χ3n) is 5.32. The minimum atomic E-state index is -0.286. The number of nitrogens with zero attached hydrogens (tertiary/aromatic N) is 3. The molecule has 8 heteroatoms. The number of methoxy groups -OCH3 is 1. The molecule has 0 saturated carbocycles. The summed E-state index contributed by atoms with van der Waals surface area (Å²) < 4.78 is 16.2. The van der Waals surface area contributed by atoms with Crippen LogP contribution in [0.5, 0.6) is 0 Å². The largest absolute Gasteiger partial charge is 0.467 e. The number of fused-ring (bicyclic) bond motifs is 2. The minimum absolute atomic E-state index is 0.00319. The number of rotatable bonds is 5. The van der Waals surface area contributed by atoms with Gasteiger partial charge in [0, 0.05) is 31.5 Å². The molecule has 1 atom stereocenters. The lowest BCUT2D eigenvalue weighted by Crippen LogP contribution is -2.42. The van der Waals surface area contributed by atoms with Crippen LogP contribution >= 0.6 is 0 Å². The third kappa shape index (κ3) is 3.42. The van der Waals surface area contributed by atoms with E-state index in [1.54, 1.807) is 6.26 Å². The van der Waals surface area contributed by atoms with Gasteiger partial charge in [-0.05, 0) is 25.5 Å². The molecule has 1 fully saturated rings. The molecule has 2 aromatic rings. The van der Waals surface area contributed by atoms with E-state index in [9.17, 15) is 4.79 Å².